The predicted molar refractivity (Wildman–Crippen MR) is 62.2 cm³/mol. The molecule has 0 aromatic heterocycles. The summed E-state index contributed by atoms with van der Waals surface area (Å²) in [6, 6.07) is 8.85. The van der Waals surface area contributed by atoms with Crippen LogP contribution in [0.4, 0.5) is 0 Å². The first-order valence-corrected chi connectivity index (χ1v) is 5.23. The highest BCUT2D eigenvalue weighted by atomic mass is 79.9. The maximum atomic E-state index is 5.20. The molecule has 0 fully saturated rings. The Morgan fingerprint density at radius 1 is 1.50 bits per heavy atom. The Morgan fingerprint density at radius 3 is 2.93 bits per heavy atom. The summed E-state index contributed by atoms with van der Waals surface area (Å²) in [5, 5.41) is 0. The number of methoxy groups -OCH3 is 1. The highest BCUT2D eigenvalue weighted by molar-refractivity contribution is 9.10. The fourth-order valence-corrected chi connectivity index (χ4v) is 1.57. The van der Waals surface area contributed by atoms with E-state index in [0.717, 1.165) is 23.2 Å². The van der Waals surface area contributed by atoms with Crippen molar-refractivity contribution in [3.05, 3.63) is 33.1 Å². The zero-order chi connectivity index (χ0) is 10.4. The molecule has 14 heavy (non-hydrogen) atoms. The van der Waals surface area contributed by atoms with Crippen LogP contribution in [-0.4, -0.2) is 13.7 Å². The van der Waals surface area contributed by atoms with Crippen LogP contribution in [-0.2, 0) is 6.42 Å². The molecule has 0 atom stereocenters. The number of halogens is 1. The number of ether oxygens (including phenoxy) is 1. The Labute approximate surface area is 92.8 Å². The van der Waals surface area contributed by atoms with Crippen LogP contribution in [0.2, 0.25) is 0 Å². The molecule has 0 aliphatic rings. The van der Waals surface area contributed by atoms with Crippen LogP contribution in [0.5, 0.6) is 5.75 Å². The number of benzene rings is 1. The molecule has 0 aliphatic carbocycles. The van der Waals surface area contributed by atoms with Crippen molar-refractivity contribution in [2.45, 2.75) is 13.3 Å². The third-order valence-corrected chi connectivity index (χ3v) is 2.54. The summed E-state index contributed by atoms with van der Waals surface area (Å²) in [5.74, 6) is 0.868. The van der Waals surface area contributed by atoms with Gasteiger partial charge in [0.05, 0.1) is 18.5 Å². The summed E-state index contributed by atoms with van der Waals surface area (Å²) >= 11 is 3.41. The van der Waals surface area contributed by atoms with Gasteiger partial charge in [0, 0.05) is 6.42 Å². The van der Waals surface area contributed by atoms with Crippen LogP contribution >= 0.6 is 15.9 Å². The molecule has 0 unspecified atom stereocenters. The standard InChI is InChI=1S/C11H13BrNO/c1-3-13-7-6-9-4-5-10(12)11(8-9)14-2/h4-5,8H,6-7H2,1-2H3/q+1. The molecular weight excluding hydrogens is 242 g/mol. The minimum atomic E-state index is 0.779. The van der Waals surface area contributed by atoms with Crippen molar-refractivity contribution in [2.75, 3.05) is 13.7 Å². The minimum absolute atomic E-state index is 0.779. The maximum Gasteiger partial charge on any atom is 0.269 e. The van der Waals surface area contributed by atoms with Gasteiger partial charge in [0.15, 0.2) is 0 Å². The van der Waals surface area contributed by atoms with Gasteiger partial charge in [-0.25, -0.2) is 0 Å². The molecular formula is C11H13BrNO+. The lowest BCUT2D eigenvalue weighted by Gasteiger charge is -2.03. The lowest BCUT2D eigenvalue weighted by Crippen LogP contribution is -1.90. The van der Waals surface area contributed by atoms with Gasteiger partial charge in [0.25, 0.3) is 12.6 Å². The summed E-state index contributed by atoms with van der Waals surface area (Å²) in [5.41, 5.74) is 1.23. The highest BCUT2D eigenvalue weighted by Crippen LogP contribution is 2.25. The molecule has 0 spiro atoms. The highest BCUT2D eigenvalue weighted by Gasteiger charge is 2.02. The minimum Gasteiger partial charge on any atom is -0.496 e. The first-order chi connectivity index (χ1) is 6.77. The smallest absolute Gasteiger partial charge is 0.269 e. The van der Waals surface area contributed by atoms with E-state index < -0.39 is 0 Å². The Kier molecular flexibility index (Phi) is 4.48. The van der Waals surface area contributed by atoms with Crippen molar-refractivity contribution in [1.82, 2.24) is 0 Å². The van der Waals surface area contributed by atoms with Gasteiger partial charge in [-0.15, -0.1) is 0 Å². The first-order valence-electron chi connectivity index (χ1n) is 4.43. The normalized spacial score (nSPS) is 9.07. The molecule has 0 saturated carbocycles. The molecule has 0 aliphatic heterocycles. The van der Waals surface area contributed by atoms with E-state index in [1.54, 1.807) is 7.11 Å². The summed E-state index contributed by atoms with van der Waals surface area (Å²) in [6.45, 7) is 2.59. The van der Waals surface area contributed by atoms with Gasteiger partial charge >= 0.3 is 0 Å². The van der Waals surface area contributed by atoms with Crippen LogP contribution in [0.3, 0.4) is 0 Å². The molecule has 0 N–H and O–H groups in total. The third-order valence-electron chi connectivity index (χ3n) is 1.89. The van der Waals surface area contributed by atoms with E-state index in [9.17, 15) is 0 Å². The van der Waals surface area contributed by atoms with Crippen LogP contribution in [0.25, 0.3) is 4.85 Å². The van der Waals surface area contributed by atoms with Gasteiger partial charge in [-0.05, 0) is 33.6 Å². The number of rotatable bonds is 3. The second-order valence-corrected chi connectivity index (χ2v) is 3.68. The van der Waals surface area contributed by atoms with E-state index in [4.69, 9.17) is 4.74 Å². The quantitative estimate of drug-likeness (QED) is 0.807. The van der Waals surface area contributed by atoms with E-state index in [-0.39, 0.29) is 0 Å². The SMILES string of the molecule is CC#[N+]CCc1ccc(Br)c(OC)c1. The van der Waals surface area contributed by atoms with Crippen LogP contribution < -0.4 is 4.74 Å². The predicted octanol–water partition coefficient (Wildman–Crippen LogP) is 3.35. The number of hydrogen-bond acceptors (Lipinski definition) is 1. The number of nitrogens with zero attached hydrogens (tertiary/aromatic N) is 1. The van der Waals surface area contributed by atoms with Crippen LogP contribution in [0.1, 0.15) is 12.5 Å². The summed E-state index contributed by atoms with van der Waals surface area (Å²) in [6.07, 6.45) is 0.921. The average molecular weight is 255 g/mol. The maximum absolute atomic E-state index is 5.20. The molecule has 0 radical (unpaired) electrons. The molecule has 74 valence electrons. The Hall–Kier alpha value is -1.01. The van der Waals surface area contributed by atoms with E-state index in [1.165, 1.54) is 5.56 Å². The molecule has 1 aromatic rings. The molecule has 0 bridgehead atoms. The van der Waals surface area contributed by atoms with Crippen molar-refractivity contribution >= 4 is 15.9 Å². The molecule has 0 saturated heterocycles. The second-order valence-electron chi connectivity index (χ2n) is 2.82. The van der Waals surface area contributed by atoms with Gasteiger partial charge in [-0.2, -0.15) is 0 Å². The van der Waals surface area contributed by atoms with Gasteiger partial charge in [0.1, 0.15) is 5.75 Å². The summed E-state index contributed by atoms with van der Waals surface area (Å²) in [4.78, 5) is 4.04. The van der Waals surface area contributed by atoms with Crippen molar-refractivity contribution < 1.29 is 4.74 Å². The van der Waals surface area contributed by atoms with Crippen LogP contribution in [0, 0.1) is 6.07 Å². The molecule has 1 rings (SSSR count). The lowest BCUT2D eigenvalue weighted by molar-refractivity contribution is 0.411. The third kappa shape index (κ3) is 3.04. The van der Waals surface area contributed by atoms with E-state index >= 15 is 0 Å². The van der Waals surface area contributed by atoms with Gasteiger partial charge in [-0.1, -0.05) is 10.9 Å². The van der Waals surface area contributed by atoms with E-state index in [1.807, 2.05) is 19.1 Å². The fraction of sp³-hybridized carbons (Fsp3) is 0.364. The lowest BCUT2D eigenvalue weighted by atomic mass is 10.1. The zero-order valence-electron chi connectivity index (χ0n) is 8.38. The average Bonchev–Trinajstić information content (AvgIpc) is 2.21. The Bertz CT molecular complexity index is 365. The molecule has 1 aromatic carbocycles. The first kappa shape index (κ1) is 11.1. The molecule has 3 heteroatoms. The van der Waals surface area contributed by atoms with Gasteiger partial charge in [-0.3, -0.25) is 0 Å². The zero-order valence-corrected chi connectivity index (χ0v) is 9.97. The summed E-state index contributed by atoms with van der Waals surface area (Å²) in [7, 11) is 1.67. The fourth-order valence-electron chi connectivity index (χ4n) is 1.16. The Morgan fingerprint density at radius 2 is 2.29 bits per heavy atom. The van der Waals surface area contributed by atoms with Gasteiger partial charge in [0.2, 0.25) is 0 Å². The van der Waals surface area contributed by atoms with Gasteiger partial charge < -0.3 is 4.74 Å². The Balaban J connectivity index is 2.72. The monoisotopic (exact) mass is 254 g/mol. The van der Waals surface area contributed by atoms with Crippen molar-refractivity contribution in [1.29, 1.82) is 0 Å². The van der Waals surface area contributed by atoms with E-state index in [0.29, 0.717) is 0 Å². The van der Waals surface area contributed by atoms with Crippen molar-refractivity contribution in [3.8, 4) is 11.8 Å². The van der Waals surface area contributed by atoms with E-state index in [2.05, 4.69) is 32.9 Å². The molecule has 0 amide bonds. The second kappa shape index (κ2) is 5.66. The number of hydrogen-bond donors (Lipinski definition) is 0. The summed E-state index contributed by atoms with van der Waals surface area (Å²) < 4.78 is 6.18. The largest absolute Gasteiger partial charge is 0.496 e. The van der Waals surface area contributed by atoms with Crippen LogP contribution in [0.15, 0.2) is 22.7 Å². The molecule has 2 nitrogen and oxygen atoms in total. The van der Waals surface area contributed by atoms with Crippen molar-refractivity contribution in [3.63, 3.8) is 0 Å². The topological polar surface area (TPSA) is 13.6 Å². The molecule has 0 heterocycles. The van der Waals surface area contributed by atoms with Crippen molar-refractivity contribution in [2.24, 2.45) is 0 Å².